The number of carboxylic acids is 2. The molecule has 0 rings (SSSR count). The Morgan fingerprint density at radius 2 is 0.574 bits per heavy atom. The van der Waals surface area contributed by atoms with Crippen molar-refractivity contribution in [1.82, 2.24) is 10.6 Å². The molecule has 0 fully saturated rings. The topological polar surface area (TPSA) is 133 Å². The van der Waals surface area contributed by atoms with Gasteiger partial charge in [0, 0.05) is 24.3 Å². The monoisotopic (exact) mass is 801 g/mol. The summed E-state index contributed by atoms with van der Waals surface area (Å²) in [7, 11) is 2.40. The zero-order chi connectivity index (χ0) is 39.7. The van der Waals surface area contributed by atoms with Crippen LogP contribution in [0.1, 0.15) is 232 Å². The highest BCUT2D eigenvalue weighted by molar-refractivity contribution is 8.76. The van der Waals surface area contributed by atoms with Gasteiger partial charge in [0.25, 0.3) is 0 Å². The molecule has 0 radical (unpaired) electrons. The van der Waals surface area contributed by atoms with E-state index >= 15 is 0 Å². The Morgan fingerprint density at radius 3 is 0.778 bits per heavy atom. The summed E-state index contributed by atoms with van der Waals surface area (Å²) in [6.45, 7) is 4.52. The van der Waals surface area contributed by atoms with Gasteiger partial charge in [-0.2, -0.15) is 0 Å². The molecule has 0 bridgehead atoms. The molecule has 4 N–H and O–H groups in total. The number of carboxylic acid groups (broad SMARTS) is 2. The van der Waals surface area contributed by atoms with Crippen molar-refractivity contribution in [3.8, 4) is 0 Å². The molecule has 0 heterocycles. The van der Waals surface area contributed by atoms with E-state index in [0.29, 0.717) is 12.8 Å². The maximum Gasteiger partial charge on any atom is 0.327 e. The summed E-state index contributed by atoms with van der Waals surface area (Å²) in [6, 6.07) is -2.08. The third-order valence-corrected chi connectivity index (χ3v) is 12.8. The molecule has 0 saturated carbocycles. The van der Waals surface area contributed by atoms with Crippen LogP contribution in [-0.4, -0.2) is 57.6 Å². The summed E-state index contributed by atoms with van der Waals surface area (Å²) in [4.78, 5) is 48.3. The maximum absolute atomic E-state index is 12.4. The molecule has 0 saturated heterocycles. The Kier molecular flexibility index (Phi) is 40.1. The lowest BCUT2D eigenvalue weighted by molar-refractivity contribution is -0.141. The van der Waals surface area contributed by atoms with Crippen LogP contribution in [0.3, 0.4) is 0 Å². The van der Waals surface area contributed by atoms with Gasteiger partial charge in [-0.05, 0) is 12.8 Å². The van der Waals surface area contributed by atoms with E-state index in [1.807, 2.05) is 0 Å². The van der Waals surface area contributed by atoms with Crippen molar-refractivity contribution in [2.75, 3.05) is 11.5 Å². The summed E-state index contributed by atoms with van der Waals surface area (Å²) >= 11 is 0. The minimum atomic E-state index is -1.11. The molecular weight excluding hydrogens is 717 g/mol. The number of hydrogen-bond donors (Lipinski definition) is 4. The van der Waals surface area contributed by atoms with E-state index in [1.165, 1.54) is 189 Å². The number of aliphatic carboxylic acids is 2. The molecule has 54 heavy (non-hydrogen) atoms. The molecule has 0 aromatic rings. The highest BCUT2D eigenvalue weighted by atomic mass is 33.1. The summed E-state index contributed by atoms with van der Waals surface area (Å²) in [6.07, 6.45) is 41.0. The van der Waals surface area contributed by atoms with Crippen LogP contribution < -0.4 is 10.6 Å². The lowest BCUT2D eigenvalue weighted by Gasteiger charge is -2.16. The third-order valence-electron chi connectivity index (χ3n) is 10.3. The summed E-state index contributed by atoms with van der Waals surface area (Å²) in [5, 5.41) is 24.4. The first kappa shape index (κ1) is 52.6. The molecule has 0 aliphatic heterocycles. The van der Waals surface area contributed by atoms with E-state index in [-0.39, 0.29) is 23.3 Å². The molecule has 0 aliphatic carbocycles. The normalized spacial score (nSPS) is 12.4. The van der Waals surface area contributed by atoms with Crippen LogP contribution in [-0.2, 0) is 19.2 Å². The van der Waals surface area contributed by atoms with Crippen LogP contribution in [0.5, 0.6) is 0 Å². The fourth-order valence-corrected chi connectivity index (χ4v) is 9.09. The van der Waals surface area contributed by atoms with E-state index in [4.69, 9.17) is 0 Å². The quantitative estimate of drug-likeness (QED) is 0.0354. The molecule has 0 spiro atoms. The van der Waals surface area contributed by atoms with Crippen molar-refractivity contribution in [1.29, 1.82) is 0 Å². The number of unbranched alkanes of at least 4 members (excludes halogenated alkanes) is 30. The van der Waals surface area contributed by atoms with Gasteiger partial charge in [0.2, 0.25) is 11.8 Å². The minimum Gasteiger partial charge on any atom is -0.480 e. The van der Waals surface area contributed by atoms with Gasteiger partial charge in [-0.15, -0.1) is 0 Å². The first-order chi connectivity index (χ1) is 26.3. The molecule has 0 aromatic carbocycles. The first-order valence-electron chi connectivity index (χ1n) is 22.6. The zero-order valence-corrected chi connectivity index (χ0v) is 36.6. The molecular formula is C44H84N2O6S2. The lowest BCUT2D eigenvalue weighted by Crippen LogP contribution is -2.43. The second-order valence-corrected chi connectivity index (χ2v) is 18.1. The lowest BCUT2D eigenvalue weighted by atomic mass is 10.0. The highest BCUT2D eigenvalue weighted by Crippen LogP contribution is 2.24. The van der Waals surface area contributed by atoms with E-state index in [2.05, 4.69) is 24.5 Å². The second kappa shape index (κ2) is 41.2. The van der Waals surface area contributed by atoms with Crippen molar-refractivity contribution >= 4 is 45.3 Å². The van der Waals surface area contributed by atoms with E-state index in [1.54, 1.807) is 0 Å². The van der Waals surface area contributed by atoms with Crippen LogP contribution in [0.25, 0.3) is 0 Å². The second-order valence-electron chi connectivity index (χ2n) is 15.6. The maximum atomic E-state index is 12.4. The van der Waals surface area contributed by atoms with Crippen molar-refractivity contribution < 1.29 is 29.4 Å². The largest absolute Gasteiger partial charge is 0.480 e. The Bertz CT molecular complexity index is 823. The van der Waals surface area contributed by atoms with Crippen LogP contribution in [0.2, 0.25) is 0 Å². The van der Waals surface area contributed by atoms with Gasteiger partial charge in [-0.3, -0.25) is 9.59 Å². The molecule has 2 unspecified atom stereocenters. The number of carbonyl (C=O) groups is 4. The van der Waals surface area contributed by atoms with Gasteiger partial charge < -0.3 is 20.8 Å². The Morgan fingerprint density at radius 1 is 0.370 bits per heavy atom. The minimum absolute atomic E-state index is 0.115. The average Bonchev–Trinajstić information content (AvgIpc) is 3.14. The smallest absolute Gasteiger partial charge is 0.327 e. The predicted molar refractivity (Wildman–Crippen MR) is 232 cm³/mol. The van der Waals surface area contributed by atoms with Crippen LogP contribution in [0.15, 0.2) is 0 Å². The SMILES string of the molecule is CCCCCCCCCCCCCCCCCCC(=O)NC(CSSCC(NC(=O)CCCCCCCCCCCCCCCCCC)C(=O)O)C(=O)O. The number of rotatable bonds is 43. The average molecular weight is 801 g/mol. The van der Waals surface area contributed by atoms with Crippen LogP contribution in [0, 0.1) is 0 Å². The molecule has 8 nitrogen and oxygen atoms in total. The van der Waals surface area contributed by atoms with Gasteiger partial charge in [-0.1, -0.05) is 228 Å². The van der Waals surface area contributed by atoms with Gasteiger partial charge in [0.1, 0.15) is 12.1 Å². The molecule has 10 heteroatoms. The van der Waals surface area contributed by atoms with Crippen molar-refractivity contribution in [2.24, 2.45) is 0 Å². The Balaban J connectivity index is 3.85. The van der Waals surface area contributed by atoms with E-state index in [0.717, 1.165) is 38.5 Å². The Hall–Kier alpha value is -1.42. The predicted octanol–water partition coefficient (Wildman–Crippen LogP) is 12.8. The molecule has 318 valence electrons. The van der Waals surface area contributed by atoms with Gasteiger partial charge in [-0.25, -0.2) is 9.59 Å². The van der Waals surface area contributed by atoms with E-state index in [9.17, 15) is 29.4 Å². The Labute approximate surface area is 339 Å². The van der Waals surface area contributed by atoms with Crippen molar-refractivity contribution in [3.05, 3.63) is 0 Å². The number of carbonyl (C=O) groups excluding carboxylic acids is 2. The van der Waals surface area contributed by atoms with Gasteiger partial charge >= 0.3 is 11.9 Å². The molecule has 0 aromatic heterocycles. The standard InChI is InChI=1S/C44H84N2O6S2/c1-3-5-7-9-11-13-15-17-19-21-23-25-27-29-31-33-35-41(47)45-39(43(49)50)37-53-54-38-40(44(51)52)46-42(48)36-34-32-30-28-26-24-22-20-18-16-14-12-10-8-6-4-2/h39-40H,3-38H2,1-2H3,(H,45,47)(H,46,48)(H,49,50)(H,51,52). The molecule has 2 atom stereocenters. The van der Waals surface area contributed by atoms with Gasteiger partial charge in [0.05, 0.1) is 0 Å². The third kappa shape index (κ3) is 37.5. The van der Waals surface area contributed by atoms with Crippen molar-refractivity contribution in [3.63, 3.8) is 0 Å². The summed E-state index contributed by atoms with van der Waals surface area (Å²) < 4.78 is 0. The molecule has 2 amide bonds. The van der Waals surface area contributed by atoms with Gasteiger partial charge in [0.15, 0.2) is 0 Å². The van der Waals surface area contributed by atoms with Crippen molar-refractivity contribution in [2.45, 2.75) is 244 Å². The fourth-order valence-electron chi connectivity index (χ4n) is 6.78. The number of hydrogen-bond acceptors (Lipinski definition) is 6. The summed E-state index contributed by atoms with van der Waals surface area (Å²) in [5.41, 5.74) is 0. The number of amides is 2. The molecule has 0 aliphatic rings. The fraction of sp³-hybridized carbons (Fsp3) is 0.909. The van der Waals surface area contributed by atoms with Crippen LogP contribution in [0.4, 0.5) is 0 Å². The number of nitrogens with one attached hydrogen (secondary N) is 2. The van der Waals surface area contributed by atoms with Crippen LogP contribution >= 0.6 is 21.6 Å². The zero-order valence-electron chi connectivity index (χ0n) is 35.0. The highest BCUT2D eigenvalue weighted by Gasteiger charge is 2.23. The first-order valence-corrected chi connectivity index (χ1v) is 25.1. The summed E-state index contributed by atoms with van der Waals surface area (Å²) in [5.74, 6) is -2.50. The van der Waals surface area contributed by atoms with E-state index < -0.39 is 24.0 Å².